The predicted molar refractivity (Wildman–Crippen MR) is 75.7 cm³/mol. The van der Waals surface area contributed by atoms with Crippen LogP contribution >= 0.6 is 22.9 Å². The summed E-state index contributed by atoms with van der Waals surface area (Å²) in [5.74, 6) is 0.736. The Hall–Kier alpha value is -1.73. The van der Waals surface area contributed by atoms with Crippen LogP contribution in [0.2, 0.25) is 5.28 Å². The summed E-state index contributed by atoms with van der Waals surface area (Å²) in [7, 11) is 1.96. The number of H-pyrrole nitrogens is 1. The summed E-state index contributed by atoms with van der Waals surface area (Å²) in [4.78, 5) is 23.0. The Kier molecular flexibility index (Phi) is 3.08. The largest absolute Gasteiger partial charge is 0.353 e. The van der Waals surface area contributed by atoms with E-state index in [2.05, 4.69) is 24.9 Å². The summed E-state index contributed by atoms with van der Waals surface area (Å²) >= 11 is 7.55. The molecule has 98 valence electrons. The molecular weight excluding hydrogens is 284 g/mol. The van der Waals surface area contributed by atoms with Crippen molar-refractivity contribution < 1.29 is 0 Å². The molecule has 3 heterocycles. The minimum Gasteiger partial charge on any atom is -0.353 e. The van der Waals surface area contributed by atoms with Crippen LogP contribution in [0.15, 0.2) is 11.8 Å². The number of thiazole rings is 1. The lowest BCUT2D eigenvalue weighted by Crippen LogP contribution is -2.18. The molecule has 0 saturated heterocycles. The maximum Gasteiger partial charge on any atom is 0.226 e. The normalized spacial score (nSPS) is 11.1. The topological polar surface area (TPSA) is 70.6 Å². The highest BCUT2D eigenvalue weighted by molar-refractivity contribution is 7.09. The van der Waals surface area contributed by atoms with E-state index in [4.69, 9.17) is 11.6 Å². The second-order valence-corrected chi connectivity index (χ2v) is 5.41. The fraction of sp³-hybridized carbons (Fsp3) is 0.273. The number of imidazole rings is 1. The van der Waals surface area contributed by atoms with Crippen molar-refractivity contribution in [2.75, 3.05) is 11.9 Å². The van der Waals surface area contributed by atoms with Crippen LogP contribution in [0.3, 0.4) is 0 Å². The van der Waals surface area contributed by atoms with Crippen molar-refractivity contribution in [1.82, 2.24) is 24.9 Å². The SMILES string of the molecule is Cc1ncsc1CN(C)c1nc(Cl)nc2nc[nH]c12. The molecule has 6 nitrogen and oxygen atoms in total. The first kappa shape index (κ1) is 12.3. The summed E-state index contributed by atoms with van der Waals surface area (Å²) in [5, 5.41) is 0.197. The second kappa shape index (κ2) is 4.75. The van der Waals surface area contributed by atoms with E-state index in [1.54, 1.807) is 17.7 Å². The monoisotopic (exact) mass is 294 g/mol. The van der Waals surface area contributed by atoms with Crippen molar-refractivity contribution in [2.24, 2.45) is 0 Å². The van der Waals surface area contributed by atoms with Crippen LogP contribution < -0.4 is 4.90 Å². The smallest absolute Gasteiger partial charge is 0.226 e. The van der Waals surface area contributed by atoms with Gasteiger partial charge in [0.25, 0.3) is 0 Å². The second-order valence-electron chi connectivity index (χ2n) is 4.13. The molecule has 3 rings (SSSR count). The molecule has 3 aromatic heterocycles. The van der Waals surface area contributed by atoms with E-state index in [0.29, 0.717) is 5.65 Å². The molecule has 0 unspecified atom stereocenters. The Labute approximate surface area is 118 Å². The first-order chi connectivity index (χ1) is 9.15. The number of hydrogen-bond donors (Lipinski definition) is 1. The third kappa shape index (κ3) is 2.26. The van der Waals surface area contributed by atoms with E-state index in [9.17, 15) is 0 Å². The maximum atomic E-state index is 5.93. The first-order valence-corrected chi connectivity index (χ1v) is 6.87. The molecule has 0 bridgehead atoms. The summed E-state index contributed by atoms with van der Waals surface area (Å²) in [6.07, 6.45) is 1.59. The molecule has 1 N–H and O–H groups in total. The predicted octanol–water partition coefficient (Wildman–Crippen LogP) is 2.41. The number of fused-ring (bicyclic) bond motifs is 1. The average molecular weight is 295 g/mol. The summed E-state index contributed by atoms with van der Waals surface area (Å²) < 4.78 is 0. The van der Waals surface area contributed by atoms with Gasteiger partial charge in [0.15, 0.2) is 11.5 Å². The van der Waals surface area contributed by atoms with Crippen LogP contribution in [0, 0.1) is 6.92 Å². The van der Waals surface area contributed by atoms with Crippen LogP contribution in [0.4, 0.5) is 5.82 Å². The number of halogens is 1. The molecule has 3 aromatic rings. The summed E-state index contributed by atoms with van der Waals surface area (Å²) in [5.41, 5.74) is 4.24. The molecule has 0 saturated carbocycles. The number of nitrogens with zero attached hydrogens (tertiary/aromatic N) is 5. The van der Waals surface area contributed by atoms with Gasteiger partial charge in [0.1, 0.15) is 5.52 Å². The molecule has 0 fully saturated rings. The van der Waals surface area contributed by atoms with Gasteiger partial charge in [-0.15, -0.1) is 11.3 Å². The van der Waals surface area contributed by atoms with E-state index in [1.165, 1.54) is 4.88 Å². The van der Waals surface area contributed by atoms with Crippen molar-refractivity contribution in [1.29, 1.82) is 0 Å². The van der Waals surface area contributed by atoms with Crippen LogP contribution in [0.25, 0.3) is 11.2 Å². The molecule has 0 spiro atoms. The summed E-state index contributed by atoms with van der Waals surface area (Å²) in [6.45, 7) is 2.72. The molecular formula is C11H11ClN6S. The molecule has 0 radical (unpaired) electrons. The van der Waals surface area contributed by atoms with Gasteiger partial charge in [0.05, 0.1) is 24.1 Å². The van der Waals surface area contributed by atoms with Crippen molar-refractivity contribution in [3.05, 3.63) is 27.7 Å². The lowest BCUT2D eigenvalue weighted by atomic mass is 10.3. The maximum absolute atomic E-state index is 5.93. The highest BCUT2D eigenvalue weighted by atomic mass is 35.5. The Balaban J connectivity index is 1.99. The molecule has 0 aliphatic rings. The number of aryl methyl sites for hydroxylation is 1. The van der Waals surface area contributed by atoms with Crippen LogP contribution in [-0.2, 0) is 6.54 Å². The number of anilines is 1. The zero-order valence-corrected chi connectivity index (χ0v) is 12.0. The van der Waals surface area contributed by atoms with Gasteiger partial charge >= 0.3 is 0 Å². The molecule has 0 atom stereocenters. The van der Waals surface area contributed by atoms with Crippen molar-refractivity contribution in [3.8, 4) is 0 Å². The molecule has 0 aliphatic heterocycles. The van der Waals surface area contributed by atoms with Crippen LogP contribution in [-0.4, -0.2) is 32.0 Å². The van der Waals surface area contributed by atoms with Crippen molar-refractivity contribution in [2.45, 2.75) is 13.5 Å². The van der Waals surface area contributed by atoms with Crippen molar-refractivity contribution in [3.63, 3.8) is 0 Å². The molecule has 19 heavy (non-hydrogen) atoms. The van der Waals surface area contributed by atoms with E-state index < -0.39 is 0 Å². The Morgan fingerprint density at radius 2 is 2.21 bits per heavy atom. The zero-order chi connectivity index (χ0) is 13.4. The first-order valence-electron chi connectivity index (χ1n) is 5.62. The van der Waals surface area contributed by atoms with E-state index in [0.717, 1.165) is 23.6 Å². The number of aromatic amines is 1. The van der Waals surface area contributed by atoms with Gasteiger partial charge in [-0.3, -0.25) is 0 Å². The van der Waals surface area contributed by atoms with E-state index in [-0.39, 0.29) is 5.28 Å². The third-order valence-corrected chi connectivity index (χ3v) is 3.92. The lowest BCUT2D eigenvalue weighted by Gasteiger charge is -2.17. The van der Waals surface area contributed by atoms with Gasteiger partial charge < -0.3 is 9.88 Å². The van der Waals surface area contributed by atoms with Gasteiger partial charge in [0, 0.05) is 11.9 Å². The Morgan fingerprint density at radius 3 is 2.95 bits per heavy atom. The minimum atomic E-state index is 0.197. The Morgan fingerprint density at radius 1 is 1.37 bits per heavy atom. The fourth-order valence-corrected chi connectivity index (χ4v) is 2.83. The van der Waals surface area contributed by atoms with Gasteiger partial charge in [-0.25, -0.2) is 9.97 Å². The van der Waals surface area contributed by atoms with Crippen LogP contribution in [0.1, 0.15) is 10.6 Å². The molecule has 0 aromatic carbocycles. The number of hydrogen-bond acceptors (Lipinski definition) is 6. The van der Waals surface area contributed by atoms with Gasteiger partial charge in [-0.2, -0.15) is 9.97 Å². The van der Waals surface area contributed by atoms with Gasteiger partial charge in [-0.05, 0) is 18.5 Å². The number of aromatic nitrogens is 5. The highest BCUT2D eigenvalue weighted by Gasteiger charge is 2.14. The molecule has 0 aliphatic carbocycles. The zero-order valence-electron chi connectivity index (χ0n) is 10.4. The van der Waals surface area contributed by atoms with Crippen molar-refractivity contribution >= 4 is 39.9 Å². The third-order valence-electron chi connectivity index (χ3n) is 2.83. The highest BCUT2D eigenvalue weighted by Crippen LogP contribution is 2.24. The average Bonchev–Trinajstić information content (AvgIpc) is 2.98. The molecule has 0 amide bonds. The lowest BCUT2D eigenvalue weighted by molar-refractivity contribution is 0.901. The minimum absolute atomic E-state index is 0.197. The Bertz CT molecular complexity index is 721. The van der Waals surface area contributed by atoms with Gasteiger partial charge in [0.2, 0.25) is 5.28 Å². The van der Waals surface area contributed by atoms with Gasteiger partial charge in [-0.1, -0.05) is 0 Å². The number of rotatable bonds is 3. The standard InChI is InChI=1S/C11H11ClN6S/c1-6-7(19-5-15-6)3-18(2)10-8-9(14-4-13-8)16-11(12)17-10/h4-5H,3H2,1-2H3,(H,13,14,16,17). The van der Waals surface area contributed by atoms with Crippen LogP contribution in [0.5, 0.6) is 0 Å². The number of nitrogens with one attached hydrogen (secondary N) is 1. The quantitative estimate of drug-likeness (QED) is 0.751. The molecule has 8 heteroatoms. The van der Waals surface area contributed by atoms with E-state index in [1.807, 2.05) is 24.4 Å². The van der Waals surface area contributed by atoms with E-state index >= 15 is 0 Å². The summed E-state index contributed by atoms with van der Waals surface area (Å²) in [6, 6.07) is 0. The fourth-order valence-electron chi connectivity index (χ4n) is 1.84.